The third-order valence-electron chi connectivity index (χ3n) is 2.76. The second kappa shape index (κ2) is 7.37. The van der Waals surface area contributed by atoms with Gasteiger partial charge in [0.1, 0.15) is 0 Å². The Morgan fingerprint density at radius 3 is 2.62 bits per heavy atom. The number of amides is 1. The number of nitro benzene ring substituents is 1. The standard InChI is InChI=1S/C14H18N2O5/c1-9(2)7-15-13(17)8-21-14(18)11-5-4-6-12(10(11)3)16(19)20/h4-6,9H,7-8H2,1-3H3,(H,15,17). The van der Waals surface area contributed by atoms with E-state index < -0.39 is 23.4 Å². The highest BCUT2D eigenvalue weighted by Crippen LogP contribution is 2.21. The molecule has 0 aliphatic carbocycles. The van der Waals surface area contributed by atoms with Crippen LogP contribution in [0.2, 0.25) is 0 Å². The number of hydrogen-bond acceptors (Lipinski definition) is 5. The van der Waals surface area contributed by atoms with E-state index >= 15 is 0 Å². The Labute approximate surface area is 122 Å². The Hall–Kier alpha value is -2.44. The van der Waals surface area contributed by atoms with Gasteiger partial charge in [0.05, 0.1) is 10.5 Å². The van der Waals surface area contributed by atoms with Gasteiger partial charge in [-0.15, -0.1) is 0 Å². The summed E-state index contributed by atoms with van der Waals surface area (Å²) in [6.45, 7) is 5.44. The molecule has 7 nitrogen and oxygen atoms in total. The van der Waals surface area contributed by atoms with Crippen LogP contribution in [0.5, 0.6) is 0 Å². The van der Waals surface area contributed by atoms with E-state index in [1.54, 1.807) is 0 Å². The van der Waals surface area contributed by atoms with Gasteiger partial charge in [-0.1, -0.05) is 19.9 Å². The van der Waals surface area contributed by atoms with Crippen molar-refractivity contribution in [3.05, 3.63) is 39.4 Å². The number of nitrogens with zero attached hydrogens (tertiary/aromatic N) is 1. The van der Waals surface area contributed by atoms with E-state index in [-0.39, 0.29) is 16.8 Å². The zero-order valence-corrected chi connectivity index (χ0v) is 12.2. The third kappa shape index (κ3) is 4.87. The maximum atomic E-state index is 11.9. The third-order valence-corrected chi connectivity index (χ3v) is 2.76. The van der Waals surface area contributed by atoms with Crippen molar-refractivity contribution in [1.29, 1.82) is 0 Å². The second-order valence-electron chi connectivity index (χ2n) is 4.98. The van der Waals surface area contributed by atoms with Crippen LogP contribution < -0.4 is 5.32 Å². The SMILES string of the molecule is Cc1c(C(=O)OCC(=O)NCC(C)C)cccc1[N+](=O)[O-]. The Balaban J connectivity index is 2.66. The number of nitrogens with one attached hydrogen (secondary N) is 1. The molecule has 21 heavy (non-hydrogen) atoms. The molecule has 1 aromatic rings. The first-order valence-electron chi connectivity index (χ1n) is 6.50. The minimum Gasteiger partial charge on any atom is -0.452 e. The first-order valence-corrected chi connectivity index (χ1v) is 6.50. The van der Waals surface area contributed by atoms with Gasteiger partial charge >= 0.3 is 5.97 Å². The molecule has 7 heteroatoms. The summed E-state index contributed by atoms with van der Waals surface area (Å²) in [5, 5.41) is 13.4. The molecule has 0 aromatic heterocycles. The summed E-state index contributed by atoms with van der Waals surface area (Å²) in [6.07, 6.45) is 0. The fraction of sp³-hybridized carbons (Fsp3) is 0.429. The molecule has 1 amide bonds. The first kappa shape index (κ1) is 16.6. The number of ether oxygens (including phenoxy) is 1. The number of carbonyl (C=O) groups is 2. The minimum absolute atomic E-state index is 0.0841. The molecular formula is C14H18N2O5. The number of benzene rings is 1. The molecule has 114 valence electrons. The van der Waals surface area contributed by atoms with Crippen molar-refractivity contribution in [2.75, 3.05) is 13.2 Å². The lowest BCUT2D eigenvalue weighted by atomic mass is 10.1. The summed E-state index contributed by atoms with van der Waals surface area (Å²) in [5.41, 5.74) is 0.143. The summed E-state index contributed by atoms with van der Waals surface area (Å²) in [4.78, 5) is 33.5. The average Bonchev–Trinajstić information content (AvgIpc) is 2.42. The van der Waals surface area contributed by atoms with Crippen LogP contribution in [0.25, 0.3) is 0 Å². The molecule has 0 aliphatic heterocycles. The number of rotatable bonds is 6. The van der Waals surface area contributed by atoms with E-state index in [9.17, 15) is 19.7 Å². The second-order valence-corrected chi connectivity index (χ2v) is 4.98. The van der Waals surface area contributed by atoms with Crippen molar-refractivity contribution in [3.8, 4) is 0 Å². The van der Waals surface area contributed by atoms with Crippen LogP contribution in [0.1, 0.15) is 29.8 Å². The van der Waals surface area contributed by atoms with E-state index in [1.807, 2.05) is 13.8 Å². The molecule has 1 N–H and O–H groups in total. The van der Waals surface area contributed by atoms with Crippen molar-refractivity contribution < 1.29 is 19.2 Å². The van der Waals surface area contributed by atoms with Crippen molar-refractivity contribution in [2.24, 2.45) is 5.92 Å². The highest BCUT2D eigenvalue weighted by atomic mass is 16.6. The lowest BCUT2D eigenvalue weighted by Crippen LogP contribution is -2.31. The summed E-state index contributed by atoms with van der Waals surface area (Å²) in [7, 11) is 0. The molecular weight excluding hydrogens is 276 g/mol. The largest absolute Gasteiger partial charge is 0.452 e. The van der Waals surface area contributed by atoms with Crippen LogP contribution in [0.15, 0.2) is 18.2 Å². The number of esters is 1. The Morgan fingerprint density at radius 1 is 1.38 bits per heavy atom. The highest BCUT2D eigenvalue weighted by molar-refractivity contribution is 5.93. The number of carbonyl (C=O) groups excluding carboxylic acids is 2. The summed E-state index contributed by atoms with van der Waals surface area (Å²) >= 11 is 0. The Morgan fingerprint density at radius 2 is 2.05 bits per heavy atom. The predicted molar refractivity (Wildman–Crippen MR) is 76.0 cm³/mol. The van der Waals surface area contributed by atoms with Crippen molar-refractivity contribution in [3.63, 3.8) is 0 Å². The van der Waals surface area contributed by atoms with Gasteiger partial charge in [-0.2, -0.15) is 0 Å². The van der Waals surface area contributed by atoms with E-state index in [0.29, 0.717) is 12.5 Å². The maximum absolute atomic E-state index is 11.9. The predicted octanol–water partition coefficient (Wildman–Crippen LogP) is 1.83. The summed E-state index contributed by atoms with van der Waals surface area (Å²) < 4.78 is 4.86. The highest BCUT2D eigenvalue weighted by Gasteiger charge is 2.19. The Bertz CT molecular complexity index is 554. The van der Waals surface area contributed by atoms with Gasteiger partial charge in [0.15, 0.2) is 6.61 Å². The van der Waals surface area contributed by atoms with Gasteiger partial charge in [-0.25, -0.2) is 4.79 Å². The number of hydrogen-bond donors (Lipinski definition) is 1. The average molecular weight is 294 g/mol. The molecule has 0 saturated heterocycles. The topological polar surface area (TPSA) is 98.5 Å². The quantitative estimate of drug-likeness (QED) is 0.490. The van der Waals surface area contributed by atoms with Gasteiger partial charge in [-0.05, 0) is 18.9 Å². The molecule has 0 spiro atoms. The molecule has 0 fully saturated rings. The smallest absolute Gasteiger partial charge is 0.339 e. The molecule has 0 saturated carbocycles. The van der Waals surface area contributed by atoms with Gasteiger partial charge in [-0.3, -0.25) is 14.9 Å². The van der Waals surface area contributed by atoms with E-state index in [4.69, 9.17) is 4.74 Å². The molecule has 1 rings (SSSR count). The molecule has 0 bridgehead atoms. The van der Waals surface area contributed by atoms with Crippen molar-refractivity contribution in [1.82, 2.24) is 5.32 Å². The van der Waals surface area contributed by atoms with Crippen LogP contribution in [-0.4, -0.2) is 30.0 Å². The molecule has 0 unspecified atom stereocenters. The Kier molecular flexibility index (Phi) is 5.83. The minimum atomic E-state index is -0.754. The van der Waals surface area contributed by atoms with Crippen molar-refractivity contribution in [2.45, 2.75) is 20.8 Å². The lowest BCUT2D eigenvalue weighted by Gasteiger charge is -2.09. The monoisotopic (exact) mass is 294 g/mol. The van der Waals surface area contributed by atoms with Crippen LogP contribution in [0, 0.1) is 23.0 Å². The van der Waals surface area contributed by atoms with Gasteiger partial charge < -0.3 is 10.1 Å². The fourth-order valence-electron chi connectivity index (χ4n) is 1.62. The van der Waals surface area contributed by atoms with Crippen LogP contribution in [0.3, 0.4) is 0 Å². The molecule has 1 aromatic carbocycles. The van der Waals surface area contributed by atoms with E-state index in [0.717, 1.165) is 0 Å². The normalized spacial score (nSPS) is 10.3. The van der Waals surface area contributed by atoms with Gasteiger partial charge in [0, 0.05) is 18.2 Å². The molecule has 0 heterocycles. The van der Waals surface area contributed by atoms with Gasteiger partial charge in [0.2, 0.25) is 0 Å². The van der Waals surface area contributed by atoms with E-state index in [1.165, 1.54) is 25.1 Å². The van der Waals surface area contributed by atoms with Crippen LogP contribution >= 0.6 is 0 Å². The number of nitro groups is 1. The lowest BCUT2D eigenvalue weighted by molar-refractivity contribution is -0.385. The summed E-state index contributed by atoms with van der Waals surface area (Å²) in [6, 6.07) is 4.14. The first-order chi connectivity index (χ1) is 9.82. The zero-order chi connectivity index (χ0) is 16.0. The van der Waals surface area contributed by atoms with E-state index in [2.05, 4.69) is 5.32 Å². The maximum Gasteiger partial charge on any atom is 0.339 e. The van der Waals surface area contributed by atoms with Crippen LogP contribution in [0.4, 0.5) is 5.69 Å². The van der Waals surface area contributed by atoms with Crippen molar-refractivity contribution >= 4 is 17.6 Å². The zero-order valence-electron chi connectivity index (χ0n) is 12.2. The molecule has 0 atom stereocenters. The van der Waals surface area contributed by atoms with Gasteiger partial charge in [0.25, 0.3) is 11.6 Å². The molecule has 0 aliphatic rings. The fourth-order valence-corrected chi connectivity index (χ4v) is 1.62. The summed E-state index contributed by atoms with van der Waals surface area (Å²) in [5.74, 6) is -0.861. The molecule has 0 radical (unpaired) electrons. The van der Waals surface area contributed by atoms with Crippen LogP contribution in [-0.2, 0) is 9.53 Å².